The number of hydrogen-bond donors (Lipinski definition) is 1. The highest BCUT2D eigenvalue weighted by Gasteiger charge is 2.25. The average molecular weight is 265 g/mol. The van der Waals surface area contributed by atoms with E-state index in [9.17, 15) is 8.42 Å². The Bertz CT molecular complexity index is 299. The van der Waals surface area contributed by atoms with Gasteiger partial charge in [0.1, 0.15) is 0 Å². The Labute approximate surface area is 104 Å². The van der Waals surface area contributed by atoms with Gasteiger partial charge in [-0.05, 0) is 26.7 Å². The van der Waals surface area contributed by atoms with Crippen molar-refractivity contribution in [2.24, 2.45) is 0 Å². The summed E-state index contributed by atoms with van der Waals surface area (Å²) in [6.45, 7) is 5.56. The summed E-state index contributed by atoms with van der Waals surface area (Å²) in [4.78, 5) is 0. The van der Waals surface area contributed by atoms with E-state index in [0.717, 1.165) is 12.8 Å². The second-order valence-corrected chi connectivity index (χ2v) is 6.43. The third-order valence-electron chi connectivity index (χ3n) is 2.74. The zero-order chi connectivity index (χ0) is 12.7. The van der Waals surface area contributed by atoms with Gasteiger partial charge in [-0.2, -0.15) is 0 Å². The quantitative estimate of drug-likeness (QED) is 0.681. The van der Waals surface area contributed by atoms with E-state index in [-0.39, 0.29) is 18.1 Å². The van der Waals surface area contributed by atoms with Gasteiger partial charge in [0.15, 0.2) is 16.1 Å². The second kappa shape index (κ2) is 7.31. The first-order valence-corrected chi connectivity index (χ1v) is 8.06. The minimum Gasteiger partial charge on any atom is -0.352 e. The molecule has 0 aromatic heterocycles. The van der Waals surface area contributed by atoms with Crippen LogP contribution < -0.4 is 5.32 Å². The second-order valence-electron chi connectivity index (χ2n) is 4.20. The highest BCUT2D eigenvalue weighted by atomic mass is 32.2. The molecule has 0 bridgehead atoms. The molecule has 0 aromatic rings. The summed E-state index contributed by atoms with van der Waals surface area (Å²) in [7, 11) is -2.85. The van der Waals surface area contributed by atoms with Crippen LogP contribution in [0.2, 0.25) is 0 Å². The molecule has 6 heteroatoms. The van der Waals surface area contributed by atoms with Gasteiger partial charge in [-0.15, -0.1) is 0 Å². The Kier molecular flexibility index (Phi) is 6.40. The van der Waals surface area contributed by atoms with Crippen LogP contribution in [-0.4, -0.2) is 52.0 Å². The van der Waals surface area contributed by atoms with Gasteiger partial charge in [0.05, 0.1) is 11.5 Å². The van der Waals surface area contributed by atoms with Gasteiger partial charge in [-0.1, -0.05) is 0 Å². The van der Waals surface area contributed by atoms with Crippen molar-refractivity contribution in [1.29, 1.82) is 0 Å². The smallest absolute Gasteiger partial charge is 0.169 e. The fourth-order valence-electron chi connectivity index (χ4n) is 1.98. The molecule has 0 saturated carbocycles. The lowest BCUT2D eigenvalue weighted by atomic mass is 10.2. The molecule has 1 aliphatic heterocycles. The van der Waals surface area contributed by atoms with Crippen molar-refractivity contribution in [2.45, 2.75) is 39.0 Å². The molecular formula is C11H23NO4S. The van der Waals surface area contributed by atoms with Crippen LogP contribution in [0.4, 0.5) is 0 Å². The fraction of sp³-hybridized carbons (Fsp3) is 1.00. The van der Waals surface area contributed by atoms with Crippen LogP contribution in [0, 0.1) is 0 Å². The maximum absolute atomic E-state index is 11.5. The predicted octanol–water partition coefficient (Wildman–Crippen LogP) is 0.552. The Hall–Kier alpha value is -0.170. The molecule has 0 spiro atoms. The van der Waals surface area contributed by atoms with Crippen LogP contribution in [0.15, 0.2) is 0 Å². The highest BCUT2D eigenvalue weighted by Crippen LogP contribution is 2.12. The first-order chi connectivity index (χ1) is 8.07. The lowest BCUT2D eigenvalue weighted by molar-refractivity contribution is -0.133. The van der Waals surface area contributed by atoms with Crippen LogP contribution in [0.3, 0.4) is 0 Å². The molecule has 1 N–H and O–H groups in total. The van der Waals surface area contributed by atoms with Crippen LogP contribution in [0.25, 0.3) is 0 Å². The number of hydrogen-bond acceptors (Lipinski definition) is 5. The molecule has 1 aliphatic rings. The van der Waals surface area contributed by atoms with Crippen molar-refractivity contribution in [3.8, 4) is 0 Å². The highest BCUT2D eigenvalue weighted by molar-refractivity contribution is 7.91. The minimum atomic E-state index is -2.85. The summed E-state index contributed by atoms with van der Waals surface area (Å²) in [6, 6.07) is 0.0390. The van der Waals surface area contributed by atoms with Crippen LogP contribution in [-0.2, 0) is 19.3 Å². The van der Waals surface area contributed by atoms with Gasteiger partial charge in [-0.3, -0.25) is 0 Å². The molecule has 1 atom stereocenters. The van der Waals surface area contributed by atoms with Crippen LogP contribution >= 0.6 is 0 Å². The molecule has 0 aliphatic carbocycles. The maximum atomic E-state index is 11.5. The molecule has 1 saturated heterocycles. The van der Waals surface area contributed by atoms with Crippen molar-refractivity contribution in [3.63, 3.8) is 0 Å². The van der Waals surface area contributed by atoms with Crippen LogP contribution in [0.1, 0.15) is 26.7 Å². The summed E-state index contributed by atoms with van der Waals surface area (Å²) in [5.74, 6) is 0.559. The Balaban J connectivity index is 2.32. The molecule has 5 nitrogen and oxygen atoms in total. The fourth-order valence-corrected chi connectivity index (χ4v) is 3.66. The van der Waals surface area contributed by atoms with E-state index in [4.69, 9.17) is 9.47 Å². The zero-order valence-corrected chi connectivity index (χ0v) is 11.5. The standard InChI is InChI=1S/C11H23NO4S/c1-3-15-11(16-4-2)8-12-10-6-5-7-17(13,14)9-10/h10-12H,3-9H2,1-2H3. The SMILES string of the molecule is CCOC(CNC1CCCS(=O)(=O)C1)OCC. The molecule has 0 aromatic carbocycles. The largest absolute Gasteiger partial charge is 0.352 e. The molecule has 1 rings (SSSR count). The van der Waals surface area contributed by atoms with E-state index in [1.54, 1.807) is 0 Å². The van der Waals surface area contributed by atoms with E-state index in [2.05, 4.69) is 5.32 Å². The third-order valence-corrected chi connectivity index (χ3v) is 4.56. The third kappa shape index (κ3) is 5.81. The van der Waals surface area contributed by atoms with Crippen molar-refractivity contribution in [1.82, 2.24) is 5.32 Å². The average Bonchev–Trinajstić information content (AvgIpc) is 2.25. The van der Waals surface area contributed by atoms with Crippen molar-refractivity contribution >= 4 is 9.84 Å². The van der Waals surface area contributed by atoms with Crippen molar-refractivity contribution in [2.75, 3.05) is 31.3 Å². The van der Waals surface area contributed by atoms with Gasteiger partial charge in [0.2, 0.25) is 0 Å². The van der Waals surface area contributed by atoms with Gasteiger partial charge < -0.3 is 14.8 Å². The monoisotopic (exact) mass is 265 g/mol. The summed E-state index contributed by atoms with van der Waals surface area (Å²) < 4.78 is 33.7. The summed E-state index contributed by atoms with van der Waals surface area (Å²) >= 11 is 0. The van der Waals surface area contributed by atoms with Gasteiger partial charge in [-0.25, -0.2) is 8.42 Å². The molecule has 102 valence electrons. The van der Waals surface area contributed by atoms with Crippen molar-refractivity contribution in [3.05, 3.63) is 0 Å². The molecule has 0 radical (unpaired) electrons. The zero-order valence-electron chi connectivity index (χ0n) is 10.6. The van der Waals surface area contributed by atoms with E-state index in [1.165, 1.54) is 0 Å². The van der Waals surface area contributed by atoms with Crippen molar-refractivity contribution < 1.29 is 17.9 Å². The lowest BCUT2D eigenvalue weighted by Crippen LogP contribution is -2.44. The summed E-state index contributed by atoms with van der Waals surface area (Å²) in [5, 5.41) is 3.22. The first-order valence-electron chi connectivity index (χ1n) is 6.24. The molecule has 1 fully saturated rings. The summed E-state index contributed by atoms with van der Waals surface area (Å²) in [5.41, 5.74) is 0. The molecule has 0 amide bonds. The van der Waals surface area contributed by atoms with E-state index in [0.29, 0.717) is 25.5 Å². The van der Waals surface area contributed by atoms with Crippen LogP contribution in [0.5, 0.6) is 0 Å². The molecule has 1 unspecified atom stereocenters. The minimum absolute atomic E-state index is 0.0390. The normalized spacial score (nSPS) is 24.1. The Morgan fingerprint density at radius 3 is 2.47 bits per heavy atom. The Morgan fingerprint density at radius 1 is 1.29 bits per heavy atom. The van der Waals surface area contributed by atoms with Gasteiger partial charge in [0, 0.05) is 25.8 Å². The topological polar surface area (TPSA) is 64.6 Å². The number of sulfone groups is 1. The summed E-state index contributed by atoms with van der Waals surface area (Å²) in [6.07, 6.45) is 1.37. The first kappa shape index (κ1) is 14.9. The maximum Gasteiger partial charge on any atom is 0.169 e. The molecule has 17 heavy (non-hydrogen) atoms. The number of rotatable bonds is 7. The molecule has 1 heterocycles. The predicted molar refractivity (Wildman–Crippen MR) is 66.7 cm³/mol. The number of ether oxygens (including phenoxy) is 2. The van der Waals surface area contributed by atoms with Gasteiger partial charge >= 0.3 is 0 Å². The van der Waals surface area contributed by atoms with E-state index in [1.807, 2.05) is 13.8 Å². The van der Waals surface area contributed by atoms with E-state index < -0.39 is 9.84 Å². The lowest BCUT2D eigenvalue weighted by Gasteiger charge is -2.25. The van der Waals surface area contributed by atoms with Gasteiger partial charge in [0.25, 0.3) is 0 Å². The Morgan fingerprint density at radius 2 is 1.94 bits per heavy atom. The van der Waals surface area contributed by atoms with E-state index >= 15 is 0 Å². The molecular weight excluding hydrogens is 242 g/mol. The number of nitrogens with one attached hydrogen (secondary N) is 1.